The molecule has 13 nitrogen and oxygen atoms in total. The Bertz CT molecular complexity index is 6480. The highest BCUT2D eigenvalue weighted by Crippen LogP contribution is 2.54. The molecule has 2 fully saturated rings. The molecule has 0 atom stereocenters. The Balaban J connectivity index is 0.000000125. The average Bonchev–Trinajstić information content (AvgIpc) is 1.55. The summed E-state index contributed by atoms with van der Waals surface area (Å²) < 4.78 is 41.0. The molecule has 0 aliphatic carbocycles. The molecule has 0 amide bonds. The fourth-order valence-electron chi connectivity index (χ4n) is 13.5. The van der Waals surface area contributed by atoms with Crippen molar-refractivity contribution in [2.24, 2.45) is 0 Å². The van der Waals surface area contributed by atoms with Crippen molar-refractivity contribution in [3.05, 3.63) is 234 Å². The Labute approximate surface area is 664 Å². The van der Waals surface area contributed by atoms with E-state index in [4.69, 9.17) is 60.1 Å². The molecule has 0 N–H and O–H groups in total. The van der Waals surface area contributed by atoms with Gasteiger partial charge in [0.2, 0.25) is 5.28 Å². The van der Waals surface area contributed by atoms with Gasteiger partial charge in [-0.2, -0.15) is 9.97 Å². The van der Waals surface area contributed by atoms with E-state index >= 15 is 0 Å². The number of benzene rings is 8. The highest BCUT2D eigenvalue weighted by atomic mass is 35.5. The number of rotatable bonds is 10. The summed E-state index contributed by atoms with van der Waals surface area (Å²) in [7, 11) is -0.724. The molecule has 2 aliphatic heterocycles. The van der Waals surface area contributed by atoms with Crippen LogP contribution in [0, 0.1) is 0 Å². The van der Waals surface area contributed by atoms with Gasteiger partial charge >= 0.3 is 14.2 Å². The second kappa shape index (κ2) is 27.6. The molecule has 0 radical (unpaired) electrons. The van der Waals surface area contributed by atoms with E-state index < -0.39 is 0 Å². The predicted octanol–water partition coefficient (Wildman–Crippen LogP) is 23.9. The van der Waals surface area contributed by atoms with E-state index in [9.17, 15) is 0 Å². The van der Waals surface area contributed by atoms with Crippen LogP contribution in [0.2, 0.25) is 5.28 Å². The van der Waals surface area contributed by atoms with Crippen LogP contribution in [0.5, 0.6) is 0 Å². The Hall–Kier alpha value is -9.27. The van der Waals surface area contributed by atoms with Gasteiger partial charge in [0.1, 0.15) is 0 Å². The maximum atomic E-state index is 6.45. The minimum absolute atomic E-state index is 0.202. The van der Waals surface area contributed by atoms with E-state index in [-0.39, 0.29) is 41.9 Å². The zero-order valence-corrected chi connectivity index (χ0v) is 67.2. The quantitative estimate of drug-likeness (QED) is 0.119. The molecule has 21 rings (SSSR count). The fraction of sp³-hybridized carbons (Fsp3) is 0.141. The predicted molar refractivity (Wildman–Crippen MR) is 462 cm³/mol. The van der Waals surface area contributed by atoms with Gasteiger partial charge in [-0.3, -0.25) is 0 Å². The lowest BCUT2D eigenvalue weighted by Gasteiger charge is -2.32. The van der Waals surface area contributed by atoms with Crippen molar-refractivity contribution < 1.29 is 18.6 Å². The Kier molecular flexibility index (Phi) is 17.8. The van der Waals surface area contributed by atoms with Gasteiger partial charge in [0, 0.05) is 94.1 Å². The third-order valence-corrected chi connectivity index (χ3v) is 30.1. The van der Waals surface area contributed by atoms with Crippen LogP contribution in [0.25, 0.3) is 169 Å². The molecule has 13 heterocycles. The molecule has 2 aliphatic rings. The van der Waals surface area contributed by atoms with Crippen molar-refractivity contribution in [2.75, 3.05) is 0 Å². The number of thiophene rings is 8. The molecular weight excluding hydrogens is 1520 g/mol. The monoisotopic (exact) mass is 1590 g/mol. The topological polar surface area (TPSA) is 153 Å². The molecule has 0 saturated carbocycles. The van der Waals surface area contributed by atoms with Crippen molar-refractivity contribution in [2.45, 2.75) is 77.8 Å². The molecule has 0 bridgehead atoms. The van der Waals surface area contributed by atoms with Gasteiger partial charge in [-0.25, -0.2) is 34.9 Å². The molecule has 0 spiro atoms. The van der Waals surface area contributed by atoms with Gasteiger partial charge < -0.3 is 18.6 Å². The third kappa shape index (κ3) is 12.8. The summed E-state index contributed by atoms with van der Waals surface area (Å²) in [4.78, 5) is 45.1. The summed E-state index contributed by atoms with van der Waals surface area (Å²) in [6.07, 6.45) is 0. The SMILES string of the molecule is CC1(C)OB(c2cc3c(s2)c2sc(B4OC(C)(C)C(C)(C)O4)cc2c2c4sccc4sc32)OC1(C)C.Clc1nc(-c2ccccc2)nc(-c2ccccc2)n1.c1ccc(-c2nc(-c3ccccc3)nc(-c3cc4c(s3)c3sc(-c5nc(-c6ccccc6)nc(-c6ccccc6)n5)cc3c3c5sccc5sc43)n2)cc1. The first kappa shape index (κ1) is 70.1. The van der Waals surface area contributed by atoms with Crippen molar-refractivity contribution in [3.63, 3.8) is 0 Å². The molecule has 8 aromatic carbocycles. The minimum Gasteiger partial charge on any atom is -0.399 e. The number of fused-ring (bicyclic) bond motifs is 16. The smallest absolute Gasteiger partial charge is 0.399 e. The summed E-state index contributed by atoms with van der Waals surface area (Å²) in [6.45, 7) is 16.9. The summed E-state index contributed by atoms with van der Waals surface area (Å²) in [6, 6.07) is 73.6. The lowest BCUT2D eigenvalue weighted by Crippen LogP contribution is -2.41. The molecule has 2 saturated heterocycles. The molecular formula is C85H62B2ClN9O4S8. The van der Waals surface area contributed by atoms with Crippen molar-refractivity contribution in [3.8, 4) is 89.7 Å². The highest BCUT2D eigenvalue weighted by Gasteiger charge is 2.54. The molecule has 0 unspecified atom stereocenters. The molecule has 24 heteroatoms. The first-order valence-corrected chi connectivity index (χ1v) is 42.4. The largest absolute Gasteiger partial charge is 0.505 e. The van der Waals surface area contributed by atoms with Crippen LogP contribution in [0.4, 0.5) is 0 Å². The van der Waals surface area contributed by atoms with E-state index in [2.05, 4.69) is 118 Å². The van der Waals surface area contributed by atoms with Gasteiger partial charge in [-0.1, -0.05) is 182 Å². The lowest BCUT2D eigenvalue weighted by molar-refractivity contribution is 0.00578. The lowest BCUT2D eigenvalue weighted by atomic mass is 9.87. The van der Waals surface area contributed by atoms with Crippen LogP contribution >= 0.6 is 102 Å². The van der Waals surface area contributed by atoms with E-state index in [0.717, 1.165) is 52.7 Å². The molecule has 532 valence electrons. The number of hydrogen-bond acceptors (Lipinski definition) is 21. The van der Waals surface area contributed by atoms with Gasteiger partial charge in [0.15, 0.2) is 46.6 Å². The molecule has 109 heavy (non-hydrogen) atoms. The standard InChI is InChI=1S/C44H24N6S4.C26H28B2O4S4.C15H10ClN3/c1-5-13-25(14-6-1)39-45-40(26-15-7-2-8-16-26)48-43(47-39)32-23-29-34-35(52-31-21-22-51-38(31)34)30-24-33(54-37(30)36(29)53-32)44-49-41(27-17-9-3-10-18-27)46-42(50-44)28-19-11-4-12-20-28;1-23(2)24(3,4)30-27(29-23)16-11-13-18-19(34-15-9-10-33-22(15)18)14-12-17(36-21(14)20(13)35-16)28-31-25(5,6)26(7,8)32-28;16-15-18-13(11-7-3-1-4-8-11)17-14(19-15)12-9-5-2-6-10-12/h1-24H;9-12H,1-8H3;1-10H. The van der Waals surface area contributed by atoms with E-state index in [0.29, 0.717) is 46.6 Å². The average molecular weight is 1590 g/mol. The normalized spacial score (nSPS) is 15.1. The summed E-state index contributed by atoms with van der Waals surface area (Å²) >= 11 is 20.4. The van der Waals surface area contributed by atoms with Gasteiger partial charge in [0.25, 0.3) is 0 Å². The third-order valence-electron chi connectivity index (χ3n) is 20.5. The number of hydrogen-bond donors (Lipinski definition) is 0. The highest BCUT2D eigenvalue weighted by molar-refractivity contribution is 7.38. The number of halogens is 1. The summed E-state index contributed by atoms with van der Waals surface area (Å²) in [5.74, 6) is 5.11. The second-order valence-corrected chi connectivity index (χ2v) is 37.1. The van der Waals surface area contributed by atoms with Crippen molar-refractivity contribution in [1.29, 1.82) is 0 Å². The van der Waals surface area contributed by atoms with Crippen LogP contribution < -0.4 is 9.55 Å². The Morgan fingerprint density at radius 3 is 0.890 bits per heavy atom. The Morgan fingerprint density at radius 1 is 0.275 bits per heavy atom. The van der Waals surface area contributed by atoms with Crippen molar-refractivity contribution in [1.82, 2.24) is 44.9 Å². The van der Waals surface area contributed by atoms with Crippen LogP contribution in [0.15, 0.2) is 229 Å². The maximum Gasteiger partial charge on any atom is 0.505 e. The van der Waals surface area contributed by atoms with Gasteiger partial charge in [-0.05, 0) is 114 Å². The van der Waals surface area contributed by atoms with Gasteiger partial charge in [0.05, 0.1) is 60.4 Å². The number of nitrogens with zero attached hydrogens (tertiary/aromatic N) is 9. The van der Waals surface area contributed by atoms with Crippen LogP contribution in [-0.4, -0.2) is 81.5 Å². The van der Waals surface area contributed by atoms with Gasteiger partial charge in [-0.15, -0.1) is 90.7 Å². The molecule has 11 aromatic heterocycles. The summed E-state index contributed by atoms with van der Waals surface area (Å²) in [5, 5.41) is 12.2. The maximum absolute atomic E-state index is 6.45. The van der Waals surface area contributed by atoms with Crippen LogP contribution in [-0.2, 0) is 18.6 Å². The Morgan fingerprint density at radius 2 is 0.541 bits per heavy atom. The zero-order valence-electron chi connectivity index (χ0n) is 59.9. The van der Waals surface area contributed by atoms with E-state index in [1.807, 2.05) is 216 Å². The number of aromatic nitrogens is 9. The summed E-state index contributed by atoms with van der Waals surface area (Å²) in [5.41, 5.74) is 4.19. The van der Waals surface area contributed by atoms with E-state index in [1.54, 1.807) is 56.7 Å². The first-order valence-electron chi connectivity index (χ1n) is 35.4. The molecule has 19 aromatic rings. The van der Waals surface area contributed by atoms with Crippen LogP contribution in [0.1, 0.15) is 55.4 Å². The zero-order chi connectivity index (χ0) is 74.1. The van der Waals surface area contributed by atoms with E-state index in [1.165, 1.54) is 79.3 Å². The first-order chi connectivity index (χ1) is 52.8. The van der Waals surface area contributed by atoms with Crippen LogP contribution in [0.3, 0.4) is 0 Å². The fourth-order valence-corrected chi connectivity index (χ4v) is 23.4. The minimum atomic E-state index is -0.366. The second-order valence-electron chi connectivity index (χ2n) is 28.6. The van der Waals surface area contributed by atoms with Crippen molar-refractivity contribution >= 4 is 205 Å².